The molecule has 2 nitrogen and oxygen atoms in total. The van der Waals surface area contributed by atoms with E-state index in [0.717, 1.165) is 31.6 Å². The van der Waals surface area contributed by atoms with Crippen molar-refractivity contribution in [2.75, 3.05) is 0 Å². The number of unbranched alkanes of at least 4 members (excludes halogenated alkanes) is 4. The molecule has 1 aliphatic heterocycles. The first kappa shape index (κ1) is 17.8. The number of allylic oxidation sites excluding steroid dienone is 1. The summed E-state index contributed by atoms with van der Waals surface area (Å²) in [6, 6.07) is 0. The smallest absolute Gasteiger partial charge is 0.404 e. The molecule has 3 saturated carbocycles. The van der Waals surface area contributed by atoms with Crippen molar-refractivity contribution in [3.8, 4) is 0 Å². The molecule has 4 unspecified atom stereocenters. The third-order valence-electron chi connectivity index (χ3n) is 6.90. The molecule has 2 bridgehead atoms. The largest absolute Gasteiger partial charge is 0.476 e. The van der Waals surface area contributed by atoms with Crippen LogP contribution in [0.2, 0.25) is 0 Å². The minimum atomic E-state index is -0.213. The van der Waals surface area contributed by atoms with Crippen LogP contribution in [0.15, 0.2) is 12.7 Å². The van der Waals surface area contributed by atoms with E-state index in [9.17, 15) is 0 Å². The lowest BCUT2D eigenvalue weighted by molar-refractivity contribution is -0.199. The monoisotopic (exact) mass is 338 g/mol. The maximum absolute atomic E-state index is 6.62. The van der Waals surface area contributed by atoms with Gasteiger partial charge < -0.3 is 9.31 Å². The van der Waals surface area contributed by atoms with E-state index in [4.69, 9.17) is 20.9 Å². The van der Waals surface area contributed by atoms with Crippen LogP contribution < -0.4 is 0 Å². The standard InChI is InChI=1S/C19H32BClO2/c1-5-6-7-8-9-10-11-17(21)20-22-16-13-14-12-15(18(14,2)3)19(16,4)23-20/h5,14-17H,1,6-13H2,2-4H3/t14?,15?,16?,17-,19?/m0/s1. The molecule has 0 aromatic heterocycles. The van der Waals surface area contributed by atoms with Gasteiger partial charge in [0, 0.05) is 0 Å². The Morgan fingerprint density at radius 2 is 1.96 bits per heavy atom. The molecule has 0 aromatic rings. The highest BCUT2D eigenvalue weighted by atomic mass is 35.5. The van der Waals surface area contributed by atoms with E-state index < -0.39 is 0 Å². The summed E-state index contributed by atoms with van der Waals surface area (Å²) in [5.41, 5.74) is 0.274. The summed E-state index contributed by atoms with van der Waals surface area (Å²) in [7, 11) is -0.213. The van der Waals surface area contributed by atoms with Crippen LogP contribution in [0.4, 0.5) is 0 Å². The molecule has 5 atom stereocenters. The first-order valence-electron chi connectivity index (χ1n) is 9.48. The molecule has 0 N–H and O–H groups in total. The maximum Gasteiger partial charge on any atom is 0.476 e. The van der Waals surface area contributed by atoms with Gasteiger partial charge in [0.15, 0.2) is 0 Å². The van der Waals surface area contributed by atoms with Crippen molar-refractivity contribution in [3.63, 3.8) is 0 Å². The molecule has 3 aliphatic carbocycles. The zero-order chi connectivity index (χ0) is 16.7. The quantitative estimate of drug-likeness (QED) is 0.256. The van der Waals surface area contributed by atoms with Gasteiger partial charge in [-0.3, -0.25) is 0 Å². The molecule has 23 heavy (non-hydrogen) atoms. The Kier molecular flexibility index (Phi) is 5.21. The maximum atomic E-state index is 6.62. The summed E-state index contributed by atoms with van der Waals surface area (Å²) in [4.78, 5) is 0. The zero-order valence-electron chi connectivity index (χ0n) is 15.0. The van der Waals surface area contributed by atoms with E-state index in [0.29, 0.717) is 11.3 Å². The SMILES string of the molecule is C=CCCCCCC[C@H](Cl)B1OC2CC3CC(C3(C)C)C2(C)O1. The van der Waals surface area contributed by atoms with Gasteiger partial charge in [-0.05, 0) is 56.3 Å². The van der Waals surface area contributed by atoms with Crippen molar-refractivity contribution in [3.05, 3.63) is 12.7 Å². The van der Waals surface area contributed by atoms with Crippen LogP contribution in [-0.2, 0) is 9.31 Å². The van der Waals surface area contributed by atoms with Crippen LogP contribution in [0, 0.1) is 17.3 Å². The van der Waals surface area contributed by atoms with Crippen LogP contribution >= 0.6 is 11.6 Å². The van der Waals surface area contributed by atoms with Crippen molar-refractivity contribution in [1.29, 1.82) is 0 Å². The molecule has 0 radical (unpaired) electrons. The first-order chi connectivity index (χ1) is 10.9. The van der Waals surface area contributed by atoms with E-state index in [1.165, 1.54) is 25.7 Å². The third-order valence-corrected chi connectivity index (χ3v) is 7.33. The summed E-state index contributed by atoms with van der Waals surface area (Å²) >= 11 is 6.62. The summed E-state index contributed by atoms with van der Waals surface area (Å²) in [5, 5.41) is -0.0165. The molecule has 4 fully saturated rings. The van der Waals surface area contributed by atoms with Crippen LogP contribution in [0.25, 0.3) is 0 Å². The van der Waals surface area contributed by atoms with Gasteiger partial charge in [-0.1, -0.05) is 39.2 Å². The van der Waals surface area contributed by atoms with Crippen LogP contribution in [-0.4, -0.2) is 24.1 Å². The van der Waals surface area contributed by atoms with Gasteiger partial charge in [-0.2, -0.15) is 0 Å². The zero-order valence-corrected chi connectivity index (χ0v) is 15.8. The number of hydrogen-bond acceptors (Lipinski definition) is 2. The predicted molar refractivity (Wildman–Crippen MR) is 97.7 cm³/mol. The summed E-state index contributed by atoms with van der Waals surface area (Å²) < 4.78 is 12.7. The molecule has 0 amide bonds. The van der Waals surface area contributed by atoms with Gasteiger partial charge in [0.05, 0.1) is 17.0 Å². The summed E-state index contributed by atoms with van der Waals surface area (Å²) in [5.74, 6) is 1.41. The fourth-order valence-electron chi connectivity index (χ4n) is 5.17. The van der Waals surface area contributed by atoms with Crippen molar-refractivity contribution >= 4 is 18.7 Å². The van der Waals surface area contributed by atoms with Gasteiger partial charge in [0.1, 0.15) is 0 Å². The molecule has 1 saturated heterocycles. The fraction of sp³-hybridized carbons (Fsp3) is 0.895. The Bertz CT molecular complexity index is 441. The Morgan fingerprint density at radius 3 is 2.65 bits per heavy atom. The number of hydrogen-bond donors (Lipinski definition) is 0. The Hall–Kier alpha value is 0.0149. The Labute approximate surface area is 147 Å². The Morgan fingerprint density at radius 1 is 1.22 bits per heavy atom. The van der Waals surface area contributed by atoms with E-state index in [1.807, 2.05) is 6.08 Å². The van der Waals surface area contributed by atoms with Gasteiger partial charge >= 0.3 is 7.12 Å². The molecule has 4 aliphatic rings. The highest BCUT2D eigenvalue weighted by molar-refractivity contribution is 6.59. The summed E-state index contributed by atoms with van der Waals surface area (Å²) in [6.07, 6.45) is 11.7. The van der Waals surface area contributed by atoms with Crippen molar-refractivity contribution < 1.29 is 9.31 Å². The van der Waals surface area contributed by atoms with Gasteiger partial charge in [-0.15, -0.1) is 18.2 Å². The van der Waals surface area contributed by atoms with E-state index >= 15 is 0 Å². The van der Waals surface area contributed by atoms with Gasteiger partial charge in [0.2, 0.25) is 0 Å². The average molecular weight is 339 g/mol. The third kappa shape index (κ3) is 3.14. The number of alkyl halides is 1. The van der Waals surface area contributed by atoms with E-state index in [1.54, 1.807) is 0 Å². The van der Waals surface area contributed by atoms with Crippen molar-refractivity contribution in [2.45, 2.75) is 89.1 Å². The molecule has 0 aromatic carbocycles. The summed E-state index contributed by atoms with van der Waals surface area (Å²) in [6.45, 7) is 10.8. The second kappa shape index (κ2) is 6.73. The molecule has 4 heteroatoms. The van der Waals surface area contributed by atoms with E-state index in [-0.39, 0.29) is 24.1 Å². The molecular weight excluding hydrogens is 306 g/mol. The van der Waals surface area contributed by atoms with Crippen molar-refractivity contribution in [2.24, 2.45) is 17.3 Å². The van der Waals surface area contributed by atoms with Gasteiger partial charge in [-0.25, -0.2) is 0 Å². The Balaban J connectivity index is 1.47. The highest BCUT2D eigenvalue weighted by Crippen LogP contribution is 2.65. The molecule has 1 heterocycles. The topological polar surface area (TPSA) is 18.5 Å². The number of halogens is 1. The average Bonchev–Trinajstić information content (AvgIpc) is 2.87. The second-order valence-corrected chi connectivity index (χ2v) is 9.19. The lowest BCUT2D eigenvalue weighted by atomic mass is 9.43. The second-order valence-electron chi connectivity index (χ2n) is 8.63. The minimum absolute atomic E-state index is 0.0165. The lowest BCUT2D eigenvalue weighted by Crippen LogP contribution is -2.65. The lowest BCUT2D eigenvalue weighted by Gasteiger charge is -2.64. The van der Waals surface area contributed by atoms with Gasteiger partial charge in [0.25, 0.3) is 0 Å². The van der Waals surface area contributed by atoms with Crippen LogP contribution in [0.1, 0.15) is 72.1 Å². The minimum Gasteiger partial charge on any atom is -0.404 e. The predicted octanol–water partition coefficient (Wildman–Crippen LogP) is 5.39. The molecule has 0 spiro atoms. The van der Waals surface area contributed by atoms with Crippen molar-refractivity contribution in [1.82, 2.24) is 0 Å². The molecule has 130 valence electrons. The normalized spacial score (nSPS) is 38.8. The highest BCUT2D eigenvalue weighted by Gasteiger charge is 2.68. The number of rotatable bonds is 8. The molecular formula is C19H32BClO2. The van der Waals surface area contributed by atoms with Crippen LogP contribution in [0.3, 0.4) is 0 Å². The fourth-order valence-corrected chi connectivity index (χ4v) is 5.44. The van der Waals surface area contributed by atoms with E-state index in [2.05, 4.69) is 27.4 Å². The van der Waals surface area contributed by atoms with Crippen LogP contribution in [0.5, 0.6) is 0 Å². The molecule has 4 rings (SSSR count). The first-order valence-corrected chi connectivity index (χ1v) is 9.91.